The molecule has 0 unspecified atom stereocenters. The molecule has 1 saturated heterocycles. The zero-order valence-electron chi connectivity index (χ0n) is 17.5. The first kappa shape index (κ1) is 20.6. The predicted molar refractivity (Wildman–Crippen MR) is 121 cm³/mol. The summed E-state index contributed by atoms with van der Waals surface area (Å²) in [6.45, 7) is 6.39. The van der Waals surface area contributed by atoms with Crippen molar-refractivity contribution < 1.29 is 4.79 Å². The molecule has 4 rings (SSSR count). The second kappa shape index (κ2) is 8.25. The number of hydrogen-bond acceptors (Lipinski definition) is 3. The van der Waals surface area contributed by atoms with E-state index in [1.165, 1.54) is 0 Å². The molecule has 2 N–H and O–H groups in total. The number of para-hydroxylation sites is 1. The number of aromatic nitrogens is 2. The van der Waals surface area contributed by atoms with Crippen molar-refractivity contribution in [1.82, 2.24) is 15.1 Å². The standard InChI is InChI=1S/C24H27ClN4O/c1-24(2,3)29-14-13-20(28-29)19-15-21(23(30)26-18-7-5-4-6-8-18)27-22(19)16-9-11-17(25)12-10-16/h4-14,19,21-22,27H,15H2,1-3H3,(H,26,30)/t19-,21-,22-/m0/s1. The summed E-state index contributed by atoms with van der Waals surface area (Å²) in [5, 5.41) is 12.1. The third kappa shape index (κ3) is 4.42. The van der Waals surface area contributed by atoms with Crippen LogP contribution in [0.3, 0.4) is 0 Å². The first-order chi connectivity index (χ1) is 14.3. The van der Waals surface area contributed by atoms with Gasteiger partial charge in [0.1, 0.15) is 0 Å². The zero-order valence-corrected chi connectivity index (χ0v) is 18.2. The first-order valence-electron chi connectivity index (χ1n) is 10.2. The Labute approximate surface area is 182 Å². The highest BCUT2D eigenvalue weighted by Gasteiger charge is 2.40. The first-order valence-corrected chi connectivity index (χ1v) is 10.6. The molecule has 5 nitrogen and oxygen atoms in total. The van der Waals surface area contributed by atoms with Gasteiger partial charge in [-0.1, -0.05) is 41.9 Å². The van der Waals surface area contributed by atoms with Crippen LogP contribution in [0.5, 0.6) is 0 Å². The molecule has 3 atom stereocenters. The molecular weight excluding hydrogens is 396 g/mol. The number of anilines is 1. The van der Waals surface area contributed by atoms with Crippen LogP contribution < -0.4 is 10.6 Å². The van der Waals surface area contributed by atoms with E-state index in [2.05, 4.69) is 37.5 Å². The van der Waals surface area contributed by atoms with E-state index >= 15 is 0 Å². The number of amides is 1. The number of carbonyl (C=O) groups excluding carboxylic acids is 1. The van der Waals surface area contributed by atoms with Gasteiger partial charge in [-0.3, -0.25) is 14.8 Å². The molecular formula is C24H27ClN4O. The fourth-order valence-electron chi connectivity index (χ4n) is 3.92. The van der Waals surface area contributed by atoms with Crippen molar-refractivity contribution in [3.05, 3.63) is 83.1 Å². The summed E-state index contributed by atoms with van der Waals surface area (Å²) in [4.78, 5) is 13.0. The second-order valence-electron chi connectivity index (χ2n) is 8.80. The maximum absolute atomic E-state index is 13.0. The minimum atomic E-state index is -0.310. The molecule has 30 heavy (non-hydrogen) atoms. The molecule has 0 radical (unpaired) electrons. The van der Waals surface area contributed by atoms with Crippen LogP contribution in [0.4, 0.5) is 5.69 Å². The highest BCUT2D eigenvalue weighted by molar-refractivity contribution is 6.30. The Morgan fingerprint density at radius 3 is 2.43 bits per heavy atom. The number of hydrogen-bond donors (Lipinski definition) is 2. The number of nitrogens with one attached hydrogen (secondary N) is 2. The average Bonchev–Trinajstić information content (AvgIpc) is 3.36. The lowest BCUT2D eigenvalue weighted by atomic mass is 9.90. The smallest absolute Gasteiger partial charge is 0.241 e. The van der Waals surface area contributed by atoms with Crippen LogP contribution in [0.25, 0.3) is 0 Å². The minimum absolute atomic E-state index is 0.0166. The Bertz CT molecular complexity index is 1010. The van der Waals surface area contributed by atoms with Gasteiger partial charge in [0.2, 0.25) is 5.91 Å². The van der Waals surface area contributed by atoms with Gasteiger partial charge in [-0.2, -0.15) is 5.10 Å². The van der Waals surface area contributed by atoms with Gasteiger partial charge in [-0.25, -0.2) is 0 Å². The molecule has 1 aromatic heterocycles. The van der Waals surface area contributed by atoms with Crippen LogP contribution in [-0.2, 0) is 10.3 Å². The zero-order chi connectivity index (χ0) is 21.3. The topological polar surface area (TPSA) is 59.0 Å². The van der Waals surface area contributed by atoms with Gasteiger partial charge in [-0.05, 0) is 63.1 Å². The highest BCUT2D eigenvalue weighted by atomic mass is 35.5. The summed E-state index contributed by atoms with van der Waals surface area (Å²) in [6, 6.07) is 19.1. The van der Waals surface area contributed by atoms with E-state index in [4.69, 9.17) is 16.7 Å². The molecule has 2 heterocycles. The van der Waals surface area contributed by atoms with Crippen LogP contribution in [0.15, 0.2) is 66.9 Å². The van der Waals surface area contributed by atoms with Gasteiger partial charge in [0, 0.05) is 28.9 Å². The van der Waals surface area contributed by atoms with E-state index in [1.54, 1.807) is 0 Å². The Morgan fingerprint density at radius 2 is 1.80 bits per heavy atom. The molecule has 156 valence electrons. The molecule has 1 aliphatic heterocycles. The Hall–Kier alpha value is -2.63. The van der Waals surface area contributed by atoms with Crippen LogP contribution in [0.2, 0.25) is 5.02 Å². The third-order valence-corrected chi connectivity index (χ3v) is 5.79. The Kier molecular flexibility index (Phi) is 5.67. The summed E-state index contributed by atoms with van der Waals surface area (Å²) >= 11 is 6.09. The maximum Gasteiger partial charge on any atom is 0.241 e. The number of benzene rings is 2. The molecule has 0 spiro atoms. The van der Waals surface area contributed by atoms with E-state index in [-0.39, 0.29) is 29.4 Å². The molecule has 0 aliphatic carbocycles. The van der Waals surface area contributed by atoms with Gasteiger partial charge in [-0.15, -0.1) is 0 Å². The van der Waals surface area contributed by atoms with Crippen molar-refractivity contribution in [2.45, 2.75) is 50.7 Å². The quantitative estimate of drug-likeness (QED) is 0.613. The minimum Gasteiger partial charge on any atom is -0.325 e. The lowest BCUT2D eigenvalue weighted by Gasteiger charge is -2.21. The maximum atomic E-state index is 13.0. The number of nitrogens with zero attached hydrogens (tertiary/aromatic N) is 2. The largest absolute Gasteiger partial charge is 0.325 e. The van der Waals surface area contributed by atoms with E-state index in [0.717, 1.165) is 16.9 Å². The molecule has 1 aliphatic rings. The lowest BCUT2D eigenvalue weighted by Crippen LogP contribution is -2.36. The second-order valence-corrected chi connectivity index (χ2v) is 9.24. The van der Waals surface area contributed by atoms with Crippen molar-refractivity contribution in [3.63, 3.8) is 0 Å². The summed E-state index contributed by atoms with van der Waals surface area (Å²) in [7, 11) is 0. The molecule has 2 aromatic carbocycles. The molecule has 1 fully saturated rings. The van der Waals surface area contributed by atoms with Gasteiger partial charge >= 0.3 is 0 Å². The molecule has 0 bridgehead atoms. The van der Waals surface area contributed by atoms with Crippen LogP contribution in [-0.4, -0.2) is 21.7 Å². The third-order valence-electron chi connectivity index (χ3n) is 5.54. The van der Waals surface area contributed by atoms with E-state index in [9.17, 15) is 4.79 Å². The summed E-state index contributed by atoms with van der Waals surface area (Å²) in [6.07, 6.45) is 2.69. The lowest BCUT2D eigenvalue weighted by molar-refractivity contribution is -0.117. The van der Waals surface area contributed by atoms with E-state index in [1.807, 2.05) is 65.5 Å². The predicted octanol–water partition coefficient (Wildman–Crippen LogP) is 5.12. The molecule has 6 heteroatoms. The summed E-state index contributed by atoms with van der Waals surface area (Å²) < 4.78 is 1.98. The number of carbonyl (C=O) groups is 1. The SMILES string of the molecule is CC(C)(C)n1ccc([C@@H]2C[C@@H](C(=O)Nc3ccccc3)N[C@H]2c2ccc(Cl)cc2)n1. The average molecular weight is 423 g/mol. The van der Waals surface area contributed by atoms with Gasteiger partial charge in [0.05, 0.1) is 17.3 Å². The van der Waals surface area contributed by atoms with Gasteiger partial charge < -0.3 is 5.32 Å². The summed E-state index contributed by atoms with van der Waals surface area (Å²) in [5.74, 6) is 0.0548. The van der Waals surface area contributed by atoms with E-state index in [0.29, 0.717) is 11.4 Å². The van der Waals surface area contributed by atoms with Crippen LogP contribution in [0, 0.1) is 0 Å². The fraction of sp³-hybridized carbons (Fsp3) is 0.333. The molecule has 0 saturated carbocycles. The Balaban J connectivity index is 1.61. The summed E-state index contributed by atoms with van der Waals surface area (Å²) in [5.41, 5.74) is 2.80. The Morgan fingerprint density at radius 1 is 1.10 bits per heavy atom. The molecule has 3 aromatic rings. The highest BCUT2D eigenvalue weighted by Crippen LogP contribution is 2.40. The molecule has 1 amide bonds. The monoisotopic (exact) mass is 422 g/mol. The number of rotatable bonds is 4. The van der Waals surface area contributed by atoms with Crippen molar-refractivity contribution in [2.24, 2.45) is 0 Å². The number of halogens is 1. The van der Waals surface area contributed by atoms with Crippen molar-refractivity contribution in [2.75, 3.05) is 5.32 Å². The van der Waals surface area contributed by atoms with Crippen molar-refractivity contribution in [3.8, 4) is 0 Å². The normalized spacial score (nSPS) is 21.5. The van der Waals surface area contributed by atoms with Gasteiger partial charge in [0.15, 0.2) is 0 Å². The fourth-order valence-corrected chi connectivity index (χ4v) is 4.05. The van der Waals surface area contributed by atoms with Crippen LogP contribution >= 0.6 is 11.6 Å². The van der Waals surface area contributed by atoms with Crippen molar-refractivity contribution >= 4 is 23.2 Å². The van der Waals surface area contributed by atoms with E-state index < -0.39 is 0 Å². The van der Waals surface area contributed by atoms with Crippen molar-refractivity contribution in [1.29, 1.82) is 0 Å². The van der Waals surface area contributed by atoms with Crippen LogP contribution in [0.1, 0.15) is 50.4 Å². The van der Waals surface area contributed by atoms with Gasteiger partial charge in [0.25, 0.3) is 0 Å².